The Kier molecular flexibility index (Phi) is 17.5. The molecule has 0 aromatic rings. The van der Waals surface area contributed by atoms with Crippen LogP contribution in [0.2, 0.25) is 0 Å². The Morgan fingerprint density at radius 1 is 0.426 bits per heavy atom. The van der Waals surface area contributed by atoms with Crippen molar-refractivity contribution in [3.63, 3.8) is 0 Å². The SMILES string of the molecule is CC(=O)N[C@H]1[C@H](O[C@H]2[C@@H](O)[C@@H](CO)O[C@@H](O[C@H]3[C@H](O)[C@@H](NC(C)=O)C(O)O[C@@H]3CO)[C@@H]2O)O[C@H](CO)[C@@H](O[C@@H]2O[C@H](CO)[C@H](O)[C@H](O)[C@H]2O[C@@H]2O[C@@H](C)[C@@H](O)[C@@H](O)[C@@H]2O)[C@@H]1O. The van der Waals surface area contributed by atoms with Crippen molar-refractivity contribution in [1.82, 2.24) is 10.6 Å². The highest BCUT2D eigenvalue weighted by molar-refractivity contribution is 5.73. The zero-order valence-corrected chi connectivity index (χ0v) is 33.0. The van der Waals surface area contributed by atoms with Crippen LogP contribution in [-0.4, -0.2) is 263 Å². The molecule has 61 heavy (non-hydrogen) atoms. The van der Waals surface area contributed by atoms with Gasteiger partial charge in [0.25, 0.3) is 0 Å². The van der Waals surface area contributed by atoms with Crippen molar-refractivity contribution in [2.24, 2.45) is 0 Å². The molecule has 354 valence electrons. The van der Waals surface area contributed by atoms with Gasteiger partial charge >= 0.3 is 0 Å². The third kappa shape index (κ3) is 10.8. The average Bonchev–Trinajstić information content (AvgIpc) is 3.22. The quantitative estimate of drug-likeness (QED) is 0.0770. The van der Waals surface area contributed by atoms with Gasteiger partial charge in [-0.25, -0.2) is 0 Å². The largest absolute Gasteiger partial charge is 0.394 e. The van der Waals surface area contributed by atoms with Gasteiger partial charge in [0.05, 0.1) is 32.5 Å². The Bertz CT molecular complexity index is 1420. The summed E-state index contributed by atoms with van der Waals surface area (Å²) in [6.45, 7) is -0.239. The summed E-state index contributed by atoms with van der Waals surface area (Å²) in [6.07, 6.45) is -40.9. The van der Waals surface area contributed by atoms with E-state index in [-0.39, 0.29) is 0 Å². The van der Waals surface area contributed by atoms with Crippen molar-refractivity contribution >= 4 is 11.8 Å². The normalized spacial score (nSPS) is 49.6. The van der Waals surface area contributed by atoms with E-state index in [9.17, 15) is 81.1 Å². The van der Waals surface area contributed by atoms with E-state index in [0.29, 0.717) is 0 Å². The van der Waals surface area contributed by atoms with E-state index in [1.165, 1.54) is 6.92 Å². The molecule has 27 nitrogen and oxygen atoms in total. The molecule has 0 spiro atoms. The highest BCUT2D eigenvalue weighted by atomic mass is 16.8. The minimum absolute atomic E-state index is 0.688. The number of aliphatic hydroxyl groups is 14. The van der Waals surface area contributed by atoms with Crippen LogP contribution in [-0.2, 0) is 52.2 Å². The summed E-state index contributed by atoms with van der Waals surface area (Å²) < 4.78 is 51.2. The zero-order chi connectivity index (χ0) is 45.2. The summed E-state index contributed by atoms with van der Waals surface area (Å²) in [5.74, 6) is -1.50. The van der Waals surface area contributed by atoms with Crippen LogP contribution >= 0.6 is 0 Å². The Balaban J connectivity index is 1.39. The summed E-state index contributed by atoms with van der Waals surface area (Å²) in [5, 5.41) is 154. The zero-order valence-electron chi connectivity index (χ0n) is 33.0. The van der Waals surface area contributed by atoms with Gasteiger partial charge < -0.3 is 125 Å². The van der Waals surface area contributed by atoms with Gasteiger partial charge in [-0.2, -0.15) is 0 Å². The minimum Gasteiger partial charge on any atom is -0.394 e. The van der Waals surface area contributed by atoms with Gasteiger partial charge in [-0.1, -0.05) is 0 Å². The van der Waals surface area contributed by atoms with E-state index in [0.717, 1.165) is 13.8 Å². The van der Waals surface area contributed by atoms with Crippen LogP contribution in [0.1, 0.15) is 20.8 Å². The van der Waals surface area contributed by atoms with E-state index in [1.807, 2.05) is 0 Å². The first-order chi connectivity index (χ1) is 28.8. The van der Waals surface area contributed by atoms with Crippen LogP contribution in [0.25, 0.3) is 0 Å². The van der Waals surface area contributed by atoms with Crippen molar-refractivity contribution in [3.8, 4) is 0 Å². The van der Waals surface area contributed by atoms with Crippen LogP contribution in [0.15, 0.2) is 0 Å². The first kappa shape index (κ1) is 50.0. The van der Waals surface area contributed by atoms with Crippen molar-refractivity contribution < 1.29 is 124 Å². The average molecular weight is 895 g/mol. The van der Waals surface area contributed by atoms with Crippen LogP contribution in [0.3, 0.4) is 0 Å². The molecule has 0 saturated carbocycles. The van der Waals surface area contributed by atoms with Crippen molar-refractivity contribution in [2.45, 2.75) is 174 Å². The molecule has 0 bridgehead atoms. The second-order valence-electron chi connectivity index (χ2n) is 15.4. The highest BCUT2D eigenvalue weighted by Gasteiger charge is 2.57. The molecule has 5 aliphatic rings. The molecule has 5 aliphatic heterocycles. The van der Waals surface area contributed by atoms with Crippen molar-refractivity contribution in [3.05, 3.63) is 0 Å². The number of rotatable bonds is 14. The molecule has 5 rings (SSSR count). The molecule has 2 amide bonds. The fraction of sp³-hybridized carbons (Fsp3) is 0.941. The summed E-state index contributed by atoms with van der Waals surface area (Å²) in [6, 6.07) is -3.22. The van der Waals surface area contributed by atoms with Gasteiger partial charge in [0.2, 0.25) is 11.8 Å². The summed E-state index contributed by atoms with van der Waals surface area (Å²) in [7, 11) is 0. The molecular formula is C34H58N2O25. The van der Waals surface area contributed by atoms with E-state index in [2.05, 4.69) is 10.6 Å². The predicted molar refractivity (Wildman–Crippen MR) is 188 cm³/mol. The Hall–Kier alpha value is -1.98. The van der Waals surface area contributed by atoms with Gasteiger partial charge in [-0.15, -0.1) is 0 Å². The van der Waals surface area contributed by atoms with Crippen LogP contribution in [0.4, 0.5) is 0 Å². The standard InChI is InChI=1S/C34H58N2O25/c1-8-17(43)22(48)24(50)32(53-8)61-29-23(49)18(44)11(4-37)56-34(29)59-27-14(7-40)57-31(16(21(27)47)36-10(3)42)60-28-19(45)12(5-38)55-33(25(28)51)58-26-13(6-39)54-30(52)15(20(26)46)35-9(2)41/h8,11-34,37-40,43-52H,4-7H2,1-3H3,(H,35,41)(H,36,42)/t8-,11+,12+,13+,14+,15+,16+,17+,18-,19-,20+,21+,22+,23-,24-,25+,26+,27+,28-,29+,30?,31-,32-,33-,34-/m0/s1. The fourth-order valence-electron chi connectivity index (χ4n) is 7.76. The molecule has 16 N–H and O–H groups in total. The molecule has 0 aliphatic carbocycles. The van der Waals surface area contributed by atoms with Crippen LogP contribution in [0, 0.1) is 0 Å². The molecule has 5 fully saturated rings. The lowest BCUT2D eigenvalue weighted by Crippen LogP contribution is -2.70. The first-order valence-corrected chi connectivity index (χ1v) is 19.5. The van der Waals surface area contributed by atoms with Gasteiger partial charge in [0.15, 0.2) is 31.5 Å². The molecule has 0 aromatic carbocycles. The number of nitrogens with one attached hydrogen (secondary N) is 2. The summed E-state index contributed by atoms with van der Waals surface area (Å²) >= 11 is 0. The predicted octanol–water partition coefficient (Wildman–Crippen LogP) is -10.6. The maximum absolute atomic E-state index is 12.5. The Morgan fingerprint density at radius 3 is 1.44 bits per heavy atom. The molecule has 5 heterocycles. The van der Waals surface area contributed by atoms with Gasteiger partial charge in [0, 0.05) is 13.8 Å². The molecule has 27 heteroatoms. The topological polar surface area (TPSA) is 424 Å². The summed E-state index contributed by atoms with van der Waals surface area (Å²) in [4.78, 5) is 24.2. The Morgan fingerprint density at radius 2 is 0.869 bits per heavy atom. The maximum atomic E-state index is 12.5. The first-order valence-electron chi connectivity index (χ1n) is 19.5. The number of hydrogen-bond donors (Lipinski definition) is 16. The van der Waals surface area contributed by atoms with E-state index in [1.54, 1.807) is 0 Å². The molecule has 25 atom stereocenters. The number of aliphatic hydroxyl groups excluding tert-OH is 14. The number of ether oxygens (including phenoxy) is 9. The smallest absolute Gasteiger partial charge is 0.217 e. The third-order valence-electron chi connectivity index (χ3n) is 11.1. The lowest BCUT2D eigenvalue weighted by Gasteiger charge is -2.50. The van der Waals surface area contributed by atoms with Crippen LogP contribution < -0.4 is 10.6 Å². The van der Waals surface area contributed by atoms with E-state index >= 15 is 0 Å². The monoisotopic (exact) mass is 894 g/mol. The number of carbonyl (C=O) groups excluding carboxylic acids is 2. The second-order valence-corrected chi connectivity index (χ2v) is 15.4. The van der Waals surface area contributed by atoms with Gasteiger partial charge in [0.1, 0.15) is 116 Å². The minimum atomic E-state index is -2.09. The number of amides is 2. The molecule has 0 aromatic heterocycles. The maximum Gasteiger partial charge on any atom is 0.217 e. The lowest BCUT2D eigenvalue weighted by molar-refractivity contribution is -0.390. The molecule has 1 unspecified atom stereocenters. The van der Waals surface area contributed by atoms with E-state index in [4.69, 9.17) is 42.6 Å². The van der Waals surface area contributed by atoms with Crippen molar-refractivity contribution in [1.29, 1.82) is 0 Å². The van der Waals surface area contributed by atoms with Gasteiger partial charge in [-0.3, -0.25) is 9.59 Å². The van der Waals surface area contributed by atoms with Gasteiger partial charge in [-0.05, 0) is 6.92 Å². The third-order valence-corrected chi connectivity index (χ3v) is 11.1. The molecule has 0 radical (unpaired) electrons. The van der Waals surface area contributed by atoms with Crippen LogP contribution in [0.5, 0.6) is 0 Å². The highest BCUT2D eigenvalue weighted by Crippen LogP contribution is 2.36. The number of carbonyl (C=O) groups is 2. The summed E-state index contributed by atoms with van der Waals surface area (Å²) in [5.41, 5.74) is 0. The van der Waals surface area contributed by atoms with E-state index < -0.39 is 192 Å². The number of hydrogen-bond acceptors (Lipinski definition) is 25. The van der Waals surface area contributed by atoms with Crippen molar-refractivity contribution in [2.75, 3.05) is 26.4 Å². The molecular weight excluding hydrogens is 836 g/mol. The fourth-order valence-corrected chi connectivity index (χ4v) is 7.76. The second kappa shape index (κ2) is 21.3. The Labute approximate surface area is 346 Å². The molecule has 5 saturated heterocycles. The lowest BCUT2D eigenvalue weighted by atomic mass is 9.94.